The lowest BCUT2D eigenvalue weighted by atomic mass is 10.0. The van der Waals surface area contributed by atoms with Crippen LogP contribution in [0.25, 0.3) is 0 Å². The number of hydrogen-bond donors (Lipinski definition) is 3. The van der Waals surface area contributed by atoms with Gasteiger partial charge in [-0.25, -0.2) is 0 Å². The van der Waals surface area contributed by atoms with Gasteiger partial charge in [-0.1, -0.05) is 60.7 Å². The monoisotopic (exact) mass is 483 g/mol. The first-order valence-electron chi connectivity index (χ1n) is 9.04. The summed E-state index contributed by atoms with van der Waals surface area (Å²) in [4.78, 5) is 4.64. The lowest BCUT2D eigenvalue weighted by molar-refractivity contribution is 0.106. The molecule has 5 nitrogen and oxygen atoms in total. The number of hydrogen-bond acceptors (Lipinski definition) is 3. The average molecular weight is 483 g/mol. The van der Waals surface area contributed by atoms with Gasteiger partial charge in [0.1, 0.15) is 0 Å². The number of aliphatic imine (C=N–C) groups is 1. The van der Waals surface area contributed by atoms with Crippen LogP contribution in [0.15, 0.2) is 65.7 Å². The highest BCUT2D eigenvalue weighted by Crippen LogP contribution is 2.16. The highest BCUT2D eigenvalue weighted by molar-refractivity contribution is 14.0. The molecule has 0 bridgehead atoms. The minimum atomic E-state index is -0.0529. The first kappa shape index (κ1) is 23.4. The van der Waals surface area contributed by atoms with Crippen LogP contribution in [0.1, 0.15) is 30.1 Å². The summed E-state index contributed by atoms with van der Waals surface area (Å²) in [5, 5.41) is 16.3. The number of halogens is 1. The Hall–Kier alpha value is -1.64. The van der Waals surface area contributed by atoms with Crippen molar-refractivity contribution >= 4 is 29.9 Å². The van der Waals surface area contributed by atoms with Gasteiger partial charge in [-0.2, -0.15) is 0 Å². The molecule has 0 fully saturated rings. The van der Waals surface area contributed by atoms with Crippen LogP contribution in [0.3, 0.4) is 0 Å². The number of methoxy groups -OCH3 is 1. The fourth-order valence-electron chi connectivity index (χ4n) is 2.73. The van der Waals surface area contributed by atoms with Crippen molar-refractivity contribution in [1.82, 2.24) is 10.6 Å². The Balaban J connectivity index is 0.00000364. The highest BCUT2D eigenvalue weighted by Gasteiger charge is 2.12. The Morgan fingerprint density at radius 2 is 1.59 bits per heavy atom. The number of rotatable bonds is 9. The van der Waals surface area contributed by atoms with Crippen LogP contribution in [-0.4, -0.2) is 44.4 Å². The predicted octanol–water partition coefficient (Wildman–Crippen LogP) is 3.32. The number of ether oxygens (including phenoxy) is 1. The maximum atomic E-state index is 9.70. The van der Waals surface area contributed by atoms with E-state index in [2.05, 4.69) is 27.8 Å². The Bertz CT molecular complexity index is 653. The van der Waals surface area contributed by atoms with E-state index >= 15 is 0 Å². The van der Waals surface area contributed by atoms with Crippen LogP contribution in [0, 0.1) is 0 Å². The van der Waals surface area contributed by atoms with Gasteiger partial charge >= 0.3 is 0 Å². The fourth-order valence-corrected chi connectivity index (χ4v) is 2.73. The molecule has 0 radical (unpaired) electrons. The van der Waals surface area contributed by atoms with Gasteiger partial charge in [-0.05, 0) is 18.1 Å². The van der Waals surface area contributed by atoms with Gasteiger partial charge in [0.15, 0.2) is 5.96 Å². The number of guanidine groups is 1. The zero-order chi connectivity index (χ0) is 18.6. The van der Waals surface area contributed by atoms with Crippen molar-refractivity contribution < 1.29 is 9.84 Å². The molecule has 0 aliphatic carbocycles. The third-order valence-corrected chi connectivity index (χ3v) is 4.22. The molecular weight excluding hydrogens is 453 g/mol. The van der Waals surface area contributed by atoms with Crippen LogP contribution in [0.2, 0.25) is 0 Å². The van der Waals surface area contributed by atoms with Crippen molar-refractivity contribution in [2.24, 2.45) is 4.99 Å². The summed E-state index contributed by atoms with van der Waals surface area (Å²) in [5.41, 5.74) is 2.21. The van der Waals surface area contributed by atoms with Gasteiger partial charge < -0.3 is 20.5 Å². The Morgan fingerprint density at radius 3 is 2.11 bits per heavy atom. The second-order valence-electron chi connectivity index (χ2n) is 6.03. The van der Waals surface area contributed by atoms with E-state index in [1.54, 1.807) is 7.11 Å². The molecule has 0 saturated carbocycles. The second kappa shape index (κ2) is 13.5. The lowest BCUT2D eigenvalue weighted by Gasteiger charge is -2.19. The molecule has 0 spiro atoms. The topological polar surface area (TPSA) is 65.9 Å². The van der Waals surface area contributed by atoms with Crippen molar-refractivity contribution in [2.45, 2.75) is 18.9 Å². The molecule has 0 heterocycles. The van der Waals surface area contributed by atoms with Crippen molar-refractivity contribution in [1.29, 1.82) is 0 Å². The average Bonchev–Trinajstić information content (AvgIpc) is 2.70. The number of nitrogens with one attached hydrogen (secondary N) is 2. The van der Waals surface area contributed by atoms with Crippen molar-refractivity contribution in [2.75, 3.05) is 33.4 Å². The Kier molecular flexibility index (Phi) is 11.7. The fraction of sp³-hybridized carbons (Fsp3) is 0.381. The first-order chi connectivity index (χ1) is 12.8. The van der Waals surface area contributed by atoms with Crippen molar-refractivity contribution in [3.05, 3.63) is 71.8 Å². The first-order valence-corrected chi connectivity index (χ1v) is 9.04. The van der Waals surface area contributed by atoms with Crippen LogP contribution in [0.5, 0.6) is 0 Å². The summed E-state index contributed by atoms with van der Waals surface area (Å²) >= 11 is 0. The molecule has 2 aromatic carbocycles. The molecule has 0 aliphatic heterocycles. The van der Waals surface area contributed by atoms with E-state index in [1.165, 1.54) is 0 Å². The minimum Gasteiger partial charge on any atom is -0.396 e. The zero-order valence-electron chi connectivity index (χ0n) is 16.0. The summed E-state index contributed by atoms with van der Waals surface area (Å²) in [6, 6.07) is 20.1. The van der Waals surface area contributed by atoms with Gasteiger partial charge in [-0.15, -0.1) is 24.0 Å². The van der Waals surface area contributed by atoms with E-state index in [-0.39, 0.29) is 42.6 Å². The molecule has 2 aromatic rings. The molecule has 6 heteroatoms. The molecule has 2 atom stereocenters. The standard InChI is InChI=1S/C21H29N3O2.HI/c1-3-22-21(23-14-19(16-25)17-10-6-4-7-11-17)24-15-20(26-2)18-12-8-5-9-13-18;/h4-13,19-20,25H,3,14-16H2,1-2H3,(H2,22,23,24);1H. The largest absolute Gasteiger partial charge is 0.396 e. The maximum Gasteiger partial charge on any atom is 0.191 e. The van der Waals surface area contributed by atoms with E-state index in [1.807, 2.05) is 55.5 Å². The molecule has 0 saturated heterocycles. The minimum absolute atomic E-state index is 0. The van der Waals surface area contributed by atoms with E-state index in [0.29, 0.717) is 13.1 Å². The molecule has 2 rings (SSSR count). The highest BCUT2D eigenvalue weighted by atomic mass is 127. The van der Waals surface area contributed by atoms with Crippen LogP contribution in [0.4, 0.5) is 0 Å². The zero-order valence-corrected chi connectivity index (χ0v) is 18.3. The van der Waals surface area contributed by atoms with Crippen LogP contribution in [-0.2, 0) is 4.74 Å². The summed E-state index contributed by atoms with van der Waals surface area (Å²) in [6.45, 7) is 3.99. The van der Waals surface area contributed by atoms with E-state index in [9.17, 15) is 5.11 Å². The SMILES string of the molecule is CCNC(=NCC(CO)c1ccccc1)NCC(OC)c1ccccc1.I. The van der Waals surface area contributed by atoms with Crippen LogP contribution < -0.4 is 10.6 Å². The third-order valence-electron chi connectivity index (χ3n) is 4.22. The lowest BCUT2D eigenvalue weighted by Crippen LogP contribution is -2.40. The predicted molar refractivity (Wildman–Crippen MR) is 122 cm³/mol. The normalized spacial score (nSPS) is 13.4. The second-order valence-corrected chi connectivity index (χ2v) is 6.03. The summed E-state index contributed by atoms with van der Waals surface area (Å²) in [7, 11) is 1.71. The van der Waals surface area contributed by atoms with Gasteiger partial charge in [-0.3, -0.25) is 4.99 Å². The summed E-state index contributed by atoms with van der Waals surface area (Å²) in [5.74, 6) is 0.707. The van der Waals surface area contributed by atoms with E-state index in [0.717, 1.165) is 23.6 Å². The molecule has 0 amide bonds. The number of aliphatic hydroxyl groups excluding tert-OH is 1. The molecular formula is C21H30IN3O2. The molecule has 0 aliphatic rings. The van der Waals surface area contributed by atoms with Gasteiger partial charge in [0.25, 0.3) is 0 Å². The maximum absolute atomic E-state index is 9.70. The number of benzene rings is 2. The van der Waals surface area contributed by atoms with Crippen LogP contribution >= 0.6 is 24.0 Å². The third kappa shape index (κ3) is 7.86. The van der Waals surface area contributed by atoms with E-state index in [4.69, 9.17) is 4.74 Å². The quantitative estimate of drug-likeness (QED) is 0.291. The molecule has 27 heavy (non-hydrogen) atoms. The molecule has 2 unspecified atom stereocenters. The number of nitrogens with zero attached hydrogens (tertiary/aromatic N) is 1. The smallest absolute Gasteiger partial charge is 0.191 e. The van der Waals surface area contributed by atoms with Gasteiger partial charge in [0.2, 0.25) is 0 Å². The molecule has 148 valence electrons. The van der Waals surface area contributed by atoms with Crippen molar-refractivity contribution in [3.8, 4) is 0 Å². The molecule has 0 aromatic heterocycles. The Morgan fingerprint density at radius 1 is 1.00 bits per heavy atom. The number of aliphatic hydroxyl groups is 1. The Labute approximate surface area is 179 Å². The molecule has 3 N–H and O–H groups in total. The van der Waals surface area contributed by atoms with Crippen molar-refractivity contribution in [3.63, 3.8) is 0 Å². The summed E-state index contributed by atoms with van der Waals surface area (Å²) in [6.07, 6.45) is -0.0529. The van der Waals surface area contributed by atoms with Gasteiger partial charge in [0, 0.05) is 26.1 Å². The summed E-state index contributed by atoms with van der Waals surface area (Å²) < 4.78 is 5.60. The van der Waals surface area contributed by atoms with E-state index < -0.39 is 0 Å². The van der Waals surface area contributed by atoms with Gasteiger partial charge in [0.05, 0.1) is 19.3 Å².